The van der Waals surface area contributed by atoms with Gasteiger partial charge in [0.15, 0.2) is 12.4 Å². The number of rotatable bonds is 5. The number of nitrogens with zero attached hydrogens (tertiary/aromatic N) is 2. The number of amides is 1. The van der Waals surface area contributed by atoms with E-state index in [-0.39, 0.29) is 24.1 Å². The van der Waals surface area contributed by atoms with Crippen LogP contribution in [0.3, 0.4) is 0 Å². The van der Waals surface area contributed by atoms with Crippen LogP contribution in [0.4, 0.5) is 5.69 Å². The van der Waals surface area contributed by atoms with Gasteiger partial charge < -0.3 is 15.2 Å². The summed E-state index contributed by atoms with van der Waals surface area (Å²) in [4.78, 5) is 12.1. The van der Waals surface area contributed by atoms with Gasteiger partial charge in [0.2, 0.25) is 0 Å². The van der Waals surface area contributed by atoms with E-state index >= 15 is 0 Å². The van der Waals surface area contributed by atoms with Gasteiger partial charge in [-0.15, -0.1) is 0 Å². The molecule has 0 saturated heterocycles. The van der Waals surface area contributed by atoms with Gasteiger partial charge >= 0.3 is 0 Å². The molecule has 0 saturated carbocycles. The Kier molecular flexibility index (Phi) is 4.67. The van der Waals surface area contributed by atoms with Gasteiger partial charge in [-0.3, -0.25) is 4.79 Å². The van der Waals surface area contributed by atoms with Gasteiger partial charge in [0.1, 0.15) is 11.5 Å². The van der Waals surface area contributed by atoms with Crippen molar-refractivity contribution in [2.75, 3.05) is 5.32 Å². The maximum Gasteiger partial charge on any atom is 0.276 e. The first-order valence-electron chi connectivity index (χ1n) is 7.13. The number of carbonyl (C=O) groups is 1. The molecule has 1 heterocycles. The summed E-state index contributed by atoms with van der Waals surface area (Å²) in [7, 11) is 0. The molecule has 0 unspecified atom stereocenters. The number of para-hydroxylation sites is 1. The van der Waals surface area contributed by atoms with E-state index in [4.69, 9.17) is 16.3 Å². The molecule has 6 nitrogen and oxygen atoms in total. The standard InChI is InChI=1S/C17H14ClN3O3/c18-14-6-1-2-7-16(14)24-11-21-9-8-15(20-21)17(23)19-12-4-3-5-13(22)10-12/h1-10,22H,11H2,(H,19,23). The Morgan fingerprint density at radius 3 is 2.83 bits per heavy atom. The van der Waals surface area contributed by atoms with Crippen molar-refractivity contribution < 1.29 is 14.6 Å². The summed E-state index contributed by atoms with van der Waals surface area (Å²) in [5.74, 6) is 0.240. The van der Waals surface area contributed by atoms with Crippen LogP contribution in [-0.2, 0) is 6.73 Å². The second-order valence-corrected chi connectivity index (χ2v) is 5.36. The largest absolute Gasteiger partial charge is 0.508 e. The van der Waals surface area contributed by atoms with Crippen LogP contribution in [0, 0.1) is 0 Å². The monoisotopic (exact) mass is 343 g/mol. The van der Waals surface area contributed by atoms with Crippen LogP contribution in [0.25, 0.3) is 0 Å². The highest BCUT2D eigenvalue weighted by molar-refractivity contribution is 6.32. The number of aromatic nitrogens is 2. The second-order valence-electron chi connectivity index (χ2n) is 4.95. The zero-order valence-electron chi connectivity index (χ0n) is 12.5. The zero-order chi connectivity index (χ0) is 16.9. The molecule has 0 aliphatic heterocycles. The number of nitrogens with one attached hydrogen (secondary N) is 1. The first-order valence-corrected chi connectivity index (χ1v) is 7.51. The third-order valence-electron chi connectivity index (χ3n) is 3.17. The lowest BCUT2D eigenvalue weighted by Crippen LogP contribution is -2.14. The van der Waals surface area contributed by atoms with Crippen LogP contribution in [-0.4, -0.2) is 20.8 Å². The van der Waals surface area contributed by atoms with E-state index in [1.165, 1.54) is 16.8 Å². The third kappa shape index (κ3) is 3.85. The fraction of sp³-hybridized carbons (Fsp3) is 0.0588. The molecule has 1 aromatic heterocycles. The van der Waals surface area contributed by atoms with Gasteiger partial charge in [0.05, 0.1) is 5.02 Å². The first kappa shape index (κ1) is 15.9. The van der Waals surface area contributed by atoms with E-state index in [0.717, 1.165) is 0 Å². The maximum atomic E-state index is 12.1. The SMILES string of the molecule is O=C(Nc1cccc(O)c1)c1ccn(COc2ccccc2Cl)n1. The number of hydrogen-bond donors (Lipinski definition) is 2. The number of aromatic hydroxyl groups is 1. The lowest BCUT2D eigenvalue weighted by molar-refractivity contribution is 0.102. The summed E-state index contributed by atoms with van der Waals surface area (Å²) < 4.78 is 7.04. The minimum atomic E-state index is -0.378. The molecule has 0 radical (unpaired) electrons. The van der Waals surface area contributed by atoms with Crippen LogP contribution >= 0.6 is 11.6 Å². The van der Waals surface area contributed by atoms with Gasteiger partial charge in [-0.05, 0) is 30.3 Å². The number of carbonyl (C=O) groups excluding carboxylic acids is 1. The van der Waals surface area contributed by atoms with Crippen molar-refractivity contribution in [3.05, 3.63) is 71.5 Å². The number of halogens is 1. The Bertz CT molecular complexity index is 864. The third-order valence-corrected chi connectivity index (χ3v) is 3.48. The molecule has 2 N–H and O–H groups in total. The number of phenols is 1. The Morgan fingerprint density at radius 1 is 1.21 bits per heavy atom. The van der Waals surface area contributed by atoms with Crippen molar-refractivity contribution in [2.45, 2.75) is 6.73 Å². The number of phenolic OH excluding ortho intramolecular Hbond substituents is 1. The molecular weight excluding hydrogens is 330 g/mol. The van der Waals surface area contributed by atoms with Crippen LogP contribution in [0.2, 0.25) is 5.02 Å². The lowest BCUT2D eigenvalue weighted by atomic mass is 10.3. The number of hydrogen-bond acceptors (Lipinski definition) is 4. The Morgan fingerprint density at radius 2 is 2.04 bits per heavy atom. The van der Waals surface area contributed by atoms with Crippen molar-refractivity contribution in [1.29, 1.82) is 0 Å². The van der Waals surface area contributed by atoms with Crippen molar-refractivity contribution in [3.8, 4) is 11.5 Å². The summed E-state index contributed by atoms with van der Waals surface area (Å²) in [5.41, 5.74) is 0.725. The molecule has 3 aromatic rings. The molecule has 7 heteroatoms. The van der Waals surface area contributed by atoms with Crippen LogP contribution in [0.1, 0.15) is 10.5 Å². The molecule has 122 valence electrons. The van der Waals surface area contributed by atoms with Crippen molar-refractivity contribution in [3.63, 3.8) is 0 Å². The van der Waals surface area contributed by atoms with Crippen molar-refractivity contribution in [2.24, 2.45) is 0 Å². The smallest absolute Gasteiger partial charge is 0.276 e. The number of ether oxygens (including phenoxy) is 1. The quantitative estimate of drug-likeness (QED) is 0.743. The summed E-state index contributed by atoms with van der Waals surface area (Å²) in [6.07, 6.45) is 1.63. The Balaban J connectivity index is 1.62. The van der Waals surface area contributed by atoms with E-state index in [9.17, 15) is 9.90 Å². The topological polar surface area (TPSA) is 76.4 Å². The summed E-state index contributed by atoms with van der Waals surface area (Å²) >= 11 is 6.01. The minimum Gasteiger partial charge on any atom is -0.508 e. The molecule has 0 fully saturated rings. The van der Waals surface area contributed by atoms with E-state index in [1.54, 1.807) is 36.5 Å². The summed E-state index contributed by atoms with van der Waals surface area (Å²) in [5, 5.41) is 16.7. The van der Waals surface area contributed by atoms with Crippen LogP contribution in [0.15, 0.2) is 60.8 Å². The average Bonchev–Trinajstić information content (AvgIpc) is 3.03. The predicted octanol–water partition coefficient (Wildman–Crippen LogP) is 3.53. The summed E-state index contributed by atoms with van der Waals surface area (Å²) in [6, 6.07) is 15.0. The van der Waals surface area contributed by atoms with Crippen LogP contribution < -0.4 is 10.1 Å². The van der Waals surface area contributed by atoms with Gasteiger partial charge in [0.25, 0.3) is 5.91 Å². The molecule has 0 bridgehead atoms. The van der Waals surface area contributed by atoms with Crippen molar-refractivity contribution >= 4 is 23.2 Å². The Labute approximate surface area is 143 Å². The average molecular weight is 344 g/mol. The van der Waals surface area contributed by atoms with E-state index in [1.807, 2.05) is 12.1 Å². The first-order chi connectivity index (χ1) is 11.6. The van der Waals surface area contributed by atoms with E-state index in [2.05, 4.69) is 10.4 Å². The van der Waals surface area contributed by atoms with E-state index in [0.29, 0.717) is 16.5 Å². The Hall–Kier alpha value is -2.99. The molecule has 3 rings (SSSR count). The predicted molar refractivity (Wildman–Crippen MR) is 90.4 cm³/mol. The summed E-state index contributed by atoms with van der Waals surface area (Å²) in [6.45, 7) is 0.128. The molecule has 0 spiro atoms. The highest BCUT2D eigenvalue weighted by Gasteiger charge is 2.10. The van der Waals surface area contributed by atoms with Gasteiger partial charge in [-0.1, -0.05) is 29.8 Å². The molecule has 1 amide bonds. The molecular formula is C17H14ClN3O3. The van der Waals surface area contributed by atoms with E-state index < -0.39 is 0 Å². The fourth-order valence-corrected chi connectivity index (χ4v) is 2.22. The number of anilines is 1. The fourth-order valence-electron chi connectivity index (χ4n) is 2.03. The number of benzene rings is 2. The minimum absolute atomic E-state index is 0.0754. The normalized spacial score (nSPS) is 10.4. The van der Waals surface area contributed by atoms with Gasteiger partial charge in [0, 0.05) is 18.0 Å². The molecule has 0 aliphatic rings. The highest BCUT2D eigenvalue weighted by Crippen LogP contribution is 2.23. The second kappa shape index (κ2) is 7.06. The lowest BCUT2D eigenvalue weighted by Gasteiger charge is -2.07. The molecule has 24 heavy (non-hydrogen) atoms. The highest BCUT2D eigenvalue weighted by atomic mass is 35.5. The molecule has 0 atom stereocenters. The van der Waals surface area contributed by atoms with Crippen LogP contribution in [0.5, 0.6) is 11.5 Å². The molecule has 0 aliphatic carbocycles. The maximum absolute atomic E-state index is 12.1. The van der Waals surface area contributed by atoms with Crippen molar-refractivity contribution in [1.82, 2.24) is 9.78 Å². The zero-order valence-corrected chi connectivity index (χ0v) is 13.3. The van der Waals surface area contributed by atoms with Gasteiger partial charge in [-0.2, -0.15) is 5.10 Å². The molecule has 2 aromatic carbocycles. The van der Waals surface area contributed by atoms with Gasteiger partial charge in [-0.25, -0.2) is 4.68 Å².